The number of hydrogen-bond acceptors (Lipinski definition) is 6. The van der Waals surface area contributed by atoms with Crippen LogP contribution in [0.15, 0.2) is 0 Å². The lowest BCUT2D eigenvalue weighted by Gasteiger charge is -2.60. The van der Waals surface area contributed by atoms with E-state index in [0.717, 1.165) is 4.90 Å². The van der Waals surface area contributed by atoms with E-state index in [1.165, 1.54) is 0 Å². The molecule has 0 radical (unpaired) electrons. The lowest BCUT2D eigenvalue weighted by atomic mass is 9.66. The van der Waals surface area contributed by atoms with E-state index in [0.29, 0.717) is 0 Å². The summed E-state index contributed by atoms with van der Waals surface area (Å²) in [6.45, 7) is 11.9. The molecule has 1 aliphatic carbocycles. The first-order valence-electron chi connectivity index (χ1n) is 8.26. The van der Waals surface area contributed by atoms with Crippen LogP contribution < -0.4 is 0 Å². The van der Waals surface area contributed by atoms with Crippen LogP contribution in [0.2, 0.25) is 39.3 Å². The van der Waals surface area contributed by atoms with Crippen LogP contribution >= 0.6 is 0 Å². The van der Waals surface area contributed by atoms with Gasteiger partial charge in [-0.3, -0.25) is 4.79 Å². The number of likely N-dealkylation sites (tertiary alicyclic amines) is 1. The van der Waals surface area contributed by atoms with E-state index < -0.39 is 46.6 Å². The van der Waals surface area contributed by atoms with Crippen LogP contribution in [0.3, 0.4) is 0 Å². The number of hydrogen-bond donors (Lipinski definition) is 2. The van der Waals surface area contributed by atoms with Crippen molar-refractivity contribution in [2.24, 2.45) is 0 Å². The second kappa shape index (κ2) is 6.19. The molecule has 2 fully saturated rings. The predicted molar refractivity (Wildman–Crippen MR) is 92.9 cm³/mol. The molecule has 136 valence electrons. The standard InChI is InChI=1S/C15H28N2O5Si2/c1-23(2,3)21-11-7-10(18)13(22-24(4,5)6)14(20)15(11)8-12(19)17(15)9-16/h10-11,13-14,18,20H,7-8H2,1-6H3. The zero-order valence-corrected chi connectivity index (χ0v) is 17.2. The summed E-state index contributed by atoms with van der Waals surface area (Å²) in [5.41, 5.74) is -1.13. The van der Waals surface area contributed by atoms with E-state index in [1.54, 1.807) is 0 Å². The minimum atomic E-state index is -2.04. The largest absolute Gasteiger partial charge is 0.412 e. The number of carbonyl (C=O) groups is 1. The maximum Gasteiger partial charge on any atom is 0.238 e. The Morgan fingerprint density at radius 1 is 1.17 bits per heavy atom. The molecule has 2 aliphatic rings. The predicted octanol–water partition coefficient (Wildman–Crippen LogP) is 1.00. The molecule has 7 nitrogen and oxygen atoms in total. The number of carbonyl (C=O) groups excluding carboxylic acids is 1. The van der Waals surface area contributed by atoms with Gasteiger partial charge in [0.05, 0.1) is 24.7 Å². The molecular weight excluding hydrogens is 344 g/mol. The molecule has 1 saturated heterocycles. The Morgan fingerprint density at radius 2 is 1.71 bits per heavy atom. The molecule has 2 N–H and O–H groups in total. The monoisotopic (exact) mass is 372 g/mol. The van der Waals surface area contributed by atoms with E-state index in [1.807, 2.05) is 45.5 Å². The number of amides is 1. The normalized spacial score (nSPS) is 37.3. The first kappa shape index (κ1) is 19.6. The number of nitrogens with zero attached hydrogens (tertiary/aromatic N) is 2. The van der Waals surface area contributed by atoms with Crippen molar-refractivity contribution < 1.29 is 23.9 Å². The lowest BCUT2D eigenvalue weighted by molar-refractivity contribution is -0.217. The summed E-state index contributed by atoms with van der Waals surface area (Å²) in [5, 5.41) is 30.9. The Kier molecular flexibility index (Phi) is 5.05. The van der Waals surface area contributed by atoms with Gasteiger partial charge < -0.3 is 19.1 Å². The van der Waals surface area contributed by atoms with Crippen molar-refractivity contribution in [2.75, 3.05) is 0 Å². The third-order valence-electron chi connectivity index (χ3n) is 4.40. The minimum Gasteiger partial charge on any atom is -0.412 e. The molecule has 1 aliphatic heterocycles. The Labute approximate surface area is 145 Å². The molecule has 1 amide bonds. The zero-order valence-electron chi connectivity index (χ0n) is 15.2. The molecule has 1 spiro atoms. The maximum absolute atomic E-state index is 11.9. The number of nitriles is 1. The molecule has 2 rings (SSSR count). The average Bonchev–Trinajstić information content (AvgIpc) is 2.36. The quantitative estimate of drug-likeness (QED) is 0.434. The first-order chi connectivity index (χ1) is 10.8. The van der Waals surface area contributed by atoms with Gasteiger partial charge in [0.1, 0.15) is 11.6 Å². The van der Waals surface area contributed by atoms with Crippen molar-refractivity contribution in [1.29, 1.82) is 5.26 Å². The highest BCUT2D eigenvalue weighted by molar-refractivity contribution is 6.70. The SMILES string of the molecule is C[Si](C)(C)OC1C(O)CC(O[Si](C)(C)C)C2(CC(=O)N2C#N)C1O. The summed E-state index contributed by atoms with van der Waals surface area (Å²) < 4.78 is 12.2. The van der Waals surface area contributed by atoms with Crippen LogP contribution in [0.1, 0.15) is 12.8 Å². The summed E-state index contributed by atoms with van der Waals surface area (Å²) >= 11 is 0. The van der Waals surface area contributed by atoms with Gasteiger partial charge in [0.25, 0.3) is 0 Å². The van der Waals surface area contributed by atoms with Gasteiger partial charge in [-0.15, -0.1) is 0 Å². The molecule has 5 atom stereocenters. The molecule has 0 aromatic heterocycles. The van der Waals surface area contributed by atoms with Crippen LogP contribution in [0.4, 0.5) is 0 Å². The van der Waals surface area contributed by atoms with Crippen molar-refractivity contribution in [2.45, 2.75) is 82.1 Å². The Hall–Kier alpha value is -0.766. The van der Waals surface area contributed by atoms with Gasteiger partial charge in [-0.1, -0.05) is 0 Å². The summed E-state index contributed by atoms with van der Waals surface area (Å²) in [5.74, 6) is -0.330. The fraction of sp³-hybridized carbons (Fsp3) is 0.867. The van der Waals surface area contributed by atoms with E-state index in [2.05, 4.69) is 0 Å². The number of rotatable bonds is 4. The van der Waals surface area contributed by atoms with Crippen molar-refractivity contribution in [3.8, 4) is 6.19 Å². The molecule has 5 unspecified atom stereocenters. The molecule has 9 heteroatoms. The fourth-order valence-electron chi connectivity index (χ4n) is 3.56. The van der Waals surface area contributed by atoms with Crippen molar-refractivity contribution >= 4 is 22.5 Å². The van der Waals surface area contributed by atoms with Gasteiger partial charge in [-0.05, 0) is 39.3 Å². The third kappa shape index (κ3) is 3.44. The molecule has 24 heavy (non-hydrogen) atoms. The van der Waals surface area contributed by atoms with E-state index in [9.17, 15) is 20.3 Å². The highest BCUT2D eigenvalue weighted by Gasteiger charge is 2.67. The number of aliphatic hydroxyl groups excluding tert-OH is 2. The highest BCUT2D eigenvalue weighted by Crippen LogP contribution is 2.47. The molecule has 0 aromatic carbocycles. The second-order valence-electron chi connectivity index (χ2n) is 8.66. The second-order valence-corrected chi connectivity index (χ2v) is 17.6. The fourth-order valence-corrected chi connectivity index (χ4v) is 5.81. The topological polar surface area (TPSA) is 103 Å². The third-order valence-corrected chi connectivity index (χ3v) is 6.37. The summed E-state index contributed by atoms with van der Waals surface area (Å²) in [6.07, 6.45) is -1.28. The van der Waals surface area contributed by atoms with Gasteiger partial charge in [0.2, 0.25) is 5.91 Å². The summed E-state index contributed by atoms with van der Waals surface area (Å²) in [7, 11) is -4.05. The highest BCUT2D eigenvalue weighted by atomic mass is 28.4. The van der Waals surface area contributed by atoms with Gasteiger partial charge in [0, 0.05) is 6.42 Å². The van der Waals surface area contributed by atoms with Gasteiger partial charge in [0.15, 0.2) is 22.8 Å². The maximum atomic E-state index is 11.9. The minimum absolute atomic E-state index is 0.0369. The average molecular weight is 373 g/mol. The molecule has 0 aromatic rings. The van der Waals surface area contributed by atoms with Gasteiger partial charge >= 0.3 is 0 Å². The van der Waals surface area contributed by atoms with E-state index in [4.69, 9.17) is 8.85 Å². The zero-order chi connectivity index (χ0) is 18.5. The van der Waals surface area contributed by atoms with Crippen molar-refractivity contribution in [3.63, 3.8) is 0 Å². The number of β-lactam (4-membered cyclic amide) rings is 1. The lowest BCUT2D eigenvalue weighted by Crippen LogP contribution is -2.80. The van der Waals surface area contributed by atoms with Crippen LogP contribution in [-0.2, 0) is 13.6 Å². The molecular formula is C15H28N2O5Si2. The van der Waals surface area contributed by atoms with Crippen LogP contribution in [0.25, 0.3) is 0 Å². The smallest absolute Gasteiger partial charge is 0.238 e. The van der Waals surface area contributed by atoms with Crippen LogP contribution in [-0.4, -0.2) is 67.6 Å². The Morgan fingerprint density at radius 3 is 2.12 bits per heavy atom. The first-order valence-corrected chi connectivity index (χ1v) is 15.1. The van der Waals surface area contributed by atoms with E-state index in [-0.39, 0.29) is 18.7 Å². The van der Waals surface area contributed by atoms with Gasteiger partial charge in [-0.2, -0.15) is 5.26 Å². The molecule has 1 heterocycles. The van der Waals surface area contributed by atoms with Crippen LogP contribution in [0.5, 0.6) is 0 Å². The Bertz CT molecular complexity index is 554. The van der Waals surface area contributed by atoms with Crippen molar-refractivity contribution in [3.05, 3.63) is 0 Å². The van der Waals surface area contributed by atoms with E-state index >= 15 is 0 Å². The van der Waals surface area contributed by atoms with Crippen molar-refractivity contribution in [1.82, 2.24) is 4.90 Å². The molecule has 0 bridgehead atoms. The van der Waals surface area contributed by atoms with Gasteiger partial charge in [-0.25, -0.2) is 4.90 Å². The molecule has 1 saturated carbocycles. The van der Waals surface area contributed by atoms with Crippen LogP contribution in [0, 0.1) is 11.5 Å². The number of aliphatic hydroxyl groups is 2. The summed E-state index contributed by atoms with van der Waals surface area (Å²) in [4.78, 5) is 12.9. The Balaban J connectivity index is 2.39. The summed E-state index contributed by atoms with van der Waals surface area (Å²) in [6, 6.07) is 0.